The van der Waals surface area contributed by atoms with Gasteiger partial charge in [-0.05, 0) is 24.6 Å². The lowest BCUT2D eigenvalue weighted by atomic mass is 10.0. The molecule has 24 heavy (non-hydrogen) atoms. The lowest BCUT2D eigenvalue weighted by Crippen LogP contribution is -2.44. The molecule has 0 atom stereocenters. The third-order valence-electron chi connectivity index (χ3n) is 3.26. The fourth-order valence-electron chi connectivity index (χ4n) is 1.98. The first kappa shape index (κ1) is 17.9. The first-order valence-corrected chi connectivity index (χ1v) is 6.89. The third kappa shape index (κ3) is 3.72. The summed E-state index contributed by atoms with van der Waals surface area (Å²) in [5.41, 5.74) is 0.246. The van der Waals surface area contributed by atoms with Gasteiger partial charge in [0.05, 0.1) is 5.56 Å². The first-order chi connectivity index (χ1) is 11.1. The van der Waals surface area contributed by atoms with Crippen molar-refractivity contribution in [3.05, 3.63) is 65.2 Å². The van der Waals surface area contributed by atoms with Crippen LogP contribution in [-0.2, 0) is 6.61 Å². The molecule has 128 valence electrons. The molecule has 0 aliphatic carbocycles. The number of hydrogen-bond acceptors (Lipinski definition) is 2. The molecule has 0 radical (unpaired) electrons. The number of carbonyl (C=O) groups excluding carboxylic acids is 1. The maximum absolute atomic E-state index is 13.4. The molecule has 2 rings (SSSR count). The van der Waals surface area contributed by atoms with Gasteiger partial charge < -0.3 is 4.74 Å². The zero-order valence-electron chi connectivity index (χ0n) is 12.5. The van der Waals surface area contributed by atoms with E-state index in [1.165, 1.54) is 19.1 Å². The highest BCUT2D eigenvalue weighted by Crippen LogP contribution is 2.39. The van der Waals surface area contributed by atoms with Crippen molar-refractivity contribution in [2.75, 3.05) is 0 Å². The minimum Gasteiger partial charge on any atom is -0.488 e. The molecular weight excluding hydrogens is 331 g/mol. The molecule has 0 unspecified atom stereocenters. The van der Waals surface area contributed by atoms with Crippen LogP contribution in [0.5, 0.6) is 5.75 Å². The van der Waals surface area contributed by atoms with E-state index in [2.05, 4.69) is 0 Å². The van der Waals surface area contributed by atoms with Gasteiger partial charge in [-0.2, -0.15) is 22.0 Å². The van der Waals surface area contributed by atoms with Gasteiger partial charge in [0.1, 0.15) is 12.4 Å². The second-order valence-corrected chi connectivity index (χ2v) is 5.18. The second kappa shape index (κ2) is 6.59. The van der Waals surface area contributed by atoms with E-state index in [-0.39, 0.29) is 12.4 Å². The Morgan fingerprint density at radius 2 is 1.62 bits per heavy atom. The fraction of sp³-hybridized carbons (Fsp3) is 0.235. The number of rotatable bonds is 5. The van der Waals surface area contributed by atoms with Gasteiger partial charge in [-0.1, -0.05) is 42.0 Å². The normalized spacial score (nSPS) is 12.1. The summed E-state index contributed by atoms with van der Waals surface area (Å²) >= 11 is 0. The number of ketones is 1. The highest BCUT2D eigenvalue weighted by Gasteiger charge is 2.63. The van der Waals surface area contributed by atoms with Crippen LogP contribution in [0, 0.1) is 6.92 Å². The van der Waals surface area contributed by atoms with Crippen LogP contribution in [0.25, 0.3) is 0 Å². The molecule has 0 fully saturated rings. The van der Waals surface area contributed by atoms with Crippen LogP contribution in [0.2, 0.25) is 0 Å². The van der Waals surface area contributed by atoms with Gasteiger partial charge in [-0.15, -0.1) is 0 Å². The molecule has 0 saturated heterocycles. The third-order valence-corrected chi connectivity index (χ3v) is 3.26. The quantitative estimate of drug-likeness (QED) is 0.566. The van der Waals surface area contributed by atoms with E-state index in [0.29, 0.717) is 11.1 Å². The zero-order valence-corrected chi connectivity index (χ0v) is 12.5. The molecule has 0 amide bonds. The molecule has 2 aromatic rings. The predicted molar refractivity (Wildman–Crippen MR) is 77.3 cm³/mol. The van der Waals surface area contributed by atoms with Crippen LogP contribution < -0.4 is 4.74 Å². The van der Waals surface area contributed by atoms with Crippen molar-refractivity contribution in [3.8, 4) is 5.75 Å². The minimum atomic E-state index is -5.97. The lowest BCUT2D eigenvalue weighted by Gasteiger charge is -2.20. The average Bonchev–Trinajstić information content (AvgIpc) is 2.52. The molecule has 7 heteroatoms. The van der Waals surface area contributed by atoms with E-state index in [1.54, 1.807) is 30.3 Å². The van der Waals surface area contributed by atoms with Gasteiger partial charge in [0, 0.05) is 0 Å². The summed E-state index contributed by atoms with van der Waals surface area (Å²) in [6, 6.07) is 12.2. The van der Waals surface area contributed by atoms with E-state index in [0.717, 1.165) is 6.07 Å². The molecule has 0 aromatic heterocycles. The summed E-state index contributed by atoms with van der Waals surface area (Å²) in [6.07, 6.45) is -5.97. The van der Waals surface area contributed by atoms with Crippen molar-refractivity contribution in [1.29, 1.82) is 0 Å². The SMILES string of the molecule is Cc1ccc(OCc2ccccc2)c(C(=O)C(F)(F)C(F)(F)F)c1. The van der Waals surface area contributed by atoms with Crippen LogP contribution >= 0.6 is 0 Å². The maximum Gasteiger partial charge on any atom is 0.461 e. The highest BCUT2D eigenvalue weighted by atomic mass is 19.4. The van der Waals surface area contributed by atoms with Crippen LogP contribution in [0.1, 0.15) is 21.5 Å². The maximum atomic E-state index is 13.4. The van der Waals surface area contributed by atoms with E-state index in [4.69, 9.17) is 4.74 Å². The number of benzene rings is 2. The van der Waals surface area contributed by atoms with Crippen LogP contribution in [0.4, 0.5) is 22.0 Å². The van der Waals surface area contributed by atoms with Crippen molar-refractivity contribution in [1.82, 2.24) is 0 Å². The molecule has 0 aliphatic rings. The Labute approximate surface area is 134 Å². The number of halogens is 5. The number of alkyl halides is 5. The fourth-order valence-corrected chi connectivity index (χ4v) is 1.98. The van der Waals surface area contributed by atoms with Crippen molar-refractivity contribution in [2.24, 2.45) is 0 Å². The summed E-state index contributed by atoms with van der Waals surface area (Å²) in [4.78, 5) is 11.7. The zero-order chi connectivity index (χ0) is 18.0. The van der Waals surface area contributed by atoms with E-state index < -0.39 is 23.4 Å². The standard InChI is InChI=1S/C17H13F5O2/c1-11-7-8-14(24-10-12-5-3-2-4-6-12)13(9-11)15(23)16(18,19)17(20,21)22/h2-9H,10H2,1H3. The highest BCUT2D eigenvalue weighted by molar-refractivity contribution is 6.04. The van der Waals surface area contributed by atoms with Gasteiger partial charge in [-0.3, -0.25) is 4.79 Å². The van der Waals surface area contributed by atoms with Crippen LogP contribution in [0.15, 0.2) is 48.5 Å². The summed E-state index contributed by atoms with van der Waals surface area (Å²) in [5.74, 6) is -8.13. The Balaban J connectivity index is 2.33. The molecule has 0 N–H and O–H groups in total. The van der Waals surface area contributed by atoms with Gasteiger partial charge in [0.15, 0.2) is 0 Å². The number of aryl methyl sites for hydroxylation is 1. The Hall–Kier alpha value is -2.44. The minimum absolute atomic E-state index is 0.0677. The summed E-state index contributed by atoms with van der Waals surface area (Å²) in [6.45, 7) is 1.41. The molecule has 0 heterocycles. The topological polar surface area (TPSA) is 26.3 Å². The largest absolute Gasteiger partial charge is 0.488 e. The monoisotopic (exact) mass is 344 g/mol. The van der Waals surface area contributed by atoms with E-state index in [1.807, 2.05) is 0 Å². The van der Waals surface area contributed by atoms with Crippen molar-refractivity contribution < 1.29 is 31.5 Å². The smallest absolute Gasteiger partial charge is 0.461 e. The van der Waals surface area contributed by atoms with Crippen LogP contribution in [0.3, 0.4) is 0 Å². The van der Waals surface area contributed by atoms with Gasteiger partial charge >= 0.3 is 12.1 Å². The van der Waals surface area contributed by atoms with Gasteiger partial charge in [0.25, 0.3) is 0 Å². The summed E-state index contributed by atoms with van der Waals surface area (Å²) < 4.78 is 69.3. The molecule has 2 aromatic carbocycles. The Morgan fingerprint density at radius 1 is 1.00 bits per heavy atom. The number of Topliss-reactive ketones (excluding diaryl/α,β-unsaturated/α-hetero) is 1. The molecule has 0 spiro atoms. The average molecular weight is 344 g/mol. The molecule has 0 bridgehead atoms. The van der Waals surface area contributed by atoms with Crippen molar-refractivity contribution in [2.45, 2.75) is 25.6 Å². The number of carbonyl (C=O) groups is 1. The Morgan fingerprint density at radius 3 is 2.21 bits per heavy atom. The summed E-state index contributed by atoms with van der Waals surface area (Å²) in [5, 5.41) is 0. The molecule has 2 nitrogen and oxygen atoms in total. The van der Waals surface area contributed by atoms with E-state index in [9.17, 15) is 26.7 Å². The molecule has 0 saturated carbocycles. The van der Waals surface area contributed by atoms with E-state index >= 15 is 0 Å². The summed E-state index contributed by atoms with van der Waals surface area (Å²) in [7, 11) is 0. The Bertz CT molecular complexity index is 724. The Kier molecular flexibility index (Phi) is 4.91. The lowest BCUT2D eigenvalue weighted by molar-refractivity contribution is -0.255. The molecule has 0 aliphatic heterocycles. The van der Waals surface area contributed by atoms with Gasteiger partial charge in [0.2, 0.25) is 5.78 Å². The van der Waals surface area contributed by atoms with Crippen molar-refractivity contribution in [3.63, 3.8) is 0 Å². The molecular formula is C17H13F5O2. The second-order valence-electron chi connectivity index (χ2n) is 5.18. The first-order valence-electron chi connectivity index (χ1n) is 6.89. The number of hydrogen-bond donors (Lipinski definition) is 0. The van der Waals surface area contributed by atoms with Crippen molar-refractivity contribution >= 4 is 5.78 Å². The number of ether oxygens (including phenoxy) is 1. The predicted octanol–water partition coefficient (Wildman–Crippen LogP) is 4.95. The van der Waals surface area contributed by atoms with Gasteiger partial charge in [-0.25, -0.2) is 0 Å². The van der Waals surface area contributed by atoms with Crippen LogP contribution in [-0.4, -0.2) is 17.9 Å².